The highest BCUT2D eigenvalue weighted by atomic mass is 79.9. The van der Waals surface area contributed by atoms with E-state index in [1.54, 1.807) is 11.3 Å². The van der Waals surface area contributed by atoms with Crippen LogP contribution in [0.2, 0.25) is 0 Å². The molecule has 1 unspecified atom stereocenters. The van der Waals surface area contributed by atoms with Crippen LogP contribution in [-0.4, -0.2) is 0 Å². The maximum atomic E-state index is 6.22. The van der Waals surface area contributed by atoms with Crippen molar-refractivity contribution >= 4 is 27.3 Å². The zero-order valence-corrected chi connectivity index (χ0v) is 10.8. The molecule has 1 heterocycles. The number of halogens is 1. The first-order valence-electron chi connectivity index (χ1n) is 4.75. The van der Waals surface area contributed by atoms with Gasteiger partial charge in [-0.3, -0.25) is 0 Å². The van der Waals surface area contributed by atoms with E-state index in [1.165, 1.54) is 10.4 Å². The normalized spacial score (nSPS) is 12.7. The number of nitrogens with two attached hydrogens (primary N) is 1. The summed E-state index contributed by atoms with van der Waals surface area (Å²) in [4.78, 5) is 1.28. The van der Waals surface area contributed by atoms with Crippen molar-refractivity contribution < 1.29 is 0 Å². The van der Waals surface area contributed by atoms with Crippen LogP contribution in [0.5, 0.6) is 0 Å². The summed E-state index contributed by atoms with van der Waals surface area (Å²) < 4.78 is 1.14. The van der Waals surface area contributed by atoms with Gasteiger partial charge in [-0.1, -0.05) is 30.3 Å². The SMILES string of the molecule is Cc1sc(Br)cc1C(N)c1ccccc1. The maximum Gasteiger partial charge on any atom is 0.0704 e. The second-order valence-corrected chi connectivity index (χ2v) is 6.09. The first-order valence-corrected chi connectivity index (χ1v) is 6.36. The highest BCUT2D eigenvalue weighted by Gasteiger charge is 2.13. The van der Waals surface area contributed by atoms with Crippen molar-refractivity contribution in [3.05, 3.63) is 56.2 Å². The van der Waals surface area contributed by atoms with Gasteiger partial charge in [-0.05, 0) is 40.0 Å². The predicted molar refractivity (Wildman–Crippen MR) is 69.2 cm³/mol. The van der Waals surface area contributed by atoms with E-state index in [2.05, 4.69) is 41.1 Å². The van der Waals surface area contributed by atoms with Crippen molar-refractivity contribution in [3.63, 3.8) is 0 Å². The third-order valence-corrected chi connectivity index (χ3v) is 3.99. The predicted octanol–water partition coefficient (Wildman–Crippen LogP) is 3.87. The lowest BCUT2D eigenvalue weighted by Gasteiger charge is -2.11. The van der Waals surface area contributed by atoms with Gasteiger partial charge in [0.1, 0.15) is 0 Å². The summed E-state index contributed by atoms with van der Waals surface area (Å²) in [7, 11) is 0. The first kappa shape index (κ1) is 10.9. The second-order valence-electron chi connectivity index (χ2n) is 3.45. The number of aryl methyl sites for hydroxylation is 1. The Hall–Kier alpha value is -0.640. The van der Waals surface area contributed by atoms with E-state index in [1.807, 2.05) is 18.2 Å². The van der Waals surface area contributed by atoms with Gasteiger partial charge in [0, 0.05) is 4.88 Å². The minimum atomic E-state index is -0.0197. The standard InChI is InChI=1S/C12H12BrNS/c1-8-10(7-11(13)15-8)12(14)9-5-3-2-4-6-9/h2-7,12H,14H2,1H3. The van der Waals surface area contributed by atoms with E-state index in [0.717, 1.165) is 9.35 Å². The summed E-state index contributed by atoms with van der Waals surface area (Å²) >= 11 is 5.22. The van der Waals surface area contributed by atoms with Crippen LogP contribution in [0.3, 0.4) is 0 Å². The third-order valence-electron chi connectivity index (χ3n) is 2.42. The lowest BCUT2D eigenvalue weighted by atomic mass is 10.0. The summed E-state index contributed by atoms with van der Waals surface area (Å²) in [5, 5.41) is 0. The summed E-state index contributed by atoms with van der Waals surface area (Å²) in [5.74, 6) is 0. The summed E-state index contributed by atoms with van der Waals surface area (Å²) in [6.07, 6.45) is 0. The largest absolute Gasteiger partial charge is 0.320 e. The lowest BCUT2D eigenvalue weighted by Crippen LogP contribution is -2.11. The molecule has 0 bridgehead atoms. The number of thiophene rings is 1. The molecule has 0 aliphatic heterocycles. The Kier molecular flexibility index (Phi) is 3.24. The van der Waals surface area contributed by atoms with Gasteiger partial charge < -0.3 is 5.73 Å². The zero-order chi connectivity index (χ0) is 10.8. The monoisotopic (exact) mass is 281 g/mol. The van der Waals surface area contributed by atoms with Crippen molar-refractivity contribution in [2.24, 2.45) is 5.73 Å². The van der Waals surface area contributed by atoms with Gasteiger partial charge in [-0.15, -0.1) is 11.3 Å². The van der Waals surface area contributed by atoms with Crippen molar-refractivity contribution in [1.29, 1.82) is 0 Å². The molecule has 0 aliphatic carbocycles. The van der Waals surface area contributed by atoms with Crippen molar-refractivity contribution in [3.8, 4) is 0 Å². The molecule has 2 rings (SSSR count). The van der Waals surface area contributed by atoms with E-state index < -0.39 is 0 Å². The molecule has 0 aliphatic rings. The quantitative estimate of drug-likeness (QED) is 0.889. The van der Waals surface area contributed by atoms with Gasteiger partial charge in [0.15, 0.2) is 0 Å². The first-order chi connectivity index (χ1) is 7.18. The molecule has 0 saturated carbocycles. The van der Waals surface area contributed by atoms with Crippen LogP contribution >= 0.6 is 27.3 Å². The van der Waals surface area contributed by atoms with E-state index in [-0.39, 0.29) is 6.04 Å². The van der Waals surface area contributed by atoms with E-state index in [9.17, 15) is 0 Å². The van der Waals surface area contributed by atoms with Crippen LogP contribution in [0, 0.1) is 6.92 Å². The van der Waals surface area contributed by atoms with Crippen LogP contribution in [0.25, 0.3) is 0 Å². The van der Waals surface area contributed by atoms with Gasteiger partial charge in [-0.2, -0.15) is 0 Å². The van der Waals surface area contributed by atoms with E-state index in [0.29, 0.717) is 0 Å². The van der Waals surface area contributed by atoms with Gasteiger partial charge >= 0.3 is 0 Å². The van der Waals surface area contributed by atoms with Crippen molar-refractivity contribution in [1.82, 2.24) is 0 Å². The Morgan fingerprint density at radius 2 is 1.93 bits per heavy atom. The molecule has 2 aromatic rings. The van der Waals surface area contributed by atoms with Gasteiger partial charge in [0.2, 0.25) is 0 Å². The molecule has 1 aromatic carbocycles. The molecule has 0 saturated heterocycles. The Labute approximate surface area is 102 Å². The molecule has 15 heavy (non-hydrogen) atoms. The molecular formula is C12H12BrNS. The minimum absolute atomic E-state index is 0.0197. The molecule has 2 N–H and O–H groups in total. The number of hydrogen-bond acceptors (Lipinski definition) is 2. The van der Waals surface area contributed by atoms with Crippen LogP contribution in [0.1, 0.15) is 22.0 Å². The average molecular weight is 282 g/mol. The zero-order valence-electron chi connectivity index (χ0n) is 8.41. The third kappa shape index (κ3) is 2.30. The summed E-state index contributed by atoms with van der Waals surface area (Å²) in [5.41, 5.74) is 8.58. The lowest BCUT2D eigenvalue weighted by molar-refractivity contribution is 0.869. The molecule has 0 radical (unpaired) electrons. The molecule has 0 amide bonds. The minimum Gasteiger partial charge on any atom is -0.320 e. The van der Waals surface area contributed by atoms with Gasteiger partial charge in [0.05, 0.1) is 9.83 Å². The number of rotatable bonds is 2. The maximum absolute atomic E-state index is 6.22. The highest BCUT2D eigenvalue weighted by Crippen LogP contribution is 2.32. The van der Waals surface area contributed by atoms with Crippen LogP contribution in [-0.2, 0) is 0 Å². The average Bonchev–Trinajstić information content (AvgIpc) is 2.58. The molecule has 78 valence electrons. The fourth-order valence-electron chi connectivity index (χ4n) is 1.61. The van der Waals surface area contributed by atoms with Gasteiger partial charge in [0.25, 0.3) is 0 Å². The topological polar surface area (TPSA) is 26.0 Å². The molecule has 0 fully saturated rings. The molecular weight excluding hydrogens is 270 g/mol. The fraction of sp³-hybridized carbons (Fsp3) is 0.167. The van der Waals surface area contributed by atoms with Crippen LogP contribution in [0.15, 0.2) is 40.2 Å². The summed E-state index contributed by atoms with van der Waals surface area (Å²) in [6.45, 7) is 2.10. The Morgan fingerprint density at radius 3 is 2.47 bits per heavy atom. The fourth-order valence-corrected chi connectivity index (χ4v) is 3.36. The van der Waals surface area contributed by atoms with Crippen molar-refractivity contribution in [2.75, 3.05) is 0 Å². The number of hydrogen-bond donors (Lipinski definition) is 1. The Bertz CT molecular complexity index is 450. The Morgan fingerprint density at radius 1 is 1.27 bits per heavy atom. The highest BCUT2D eigenvalue weighted by molar-refractivity contribution is 9.11. The van der Waals surface area contributed by atoms with Crippen LogP contribution < -0.4 is 5.73 Å². The van der Waals surface area contributed by atoms with Gasteiger partial charge in [-0.25, -0.2) is 0 Å². The Balaban J connectivity index is 2.36. The molecule has 1 aromatic heterocycles. The second kappa shape index (κ2) is 4.47. The molecule has 0 spiro atoms. The molecule has 3 heteroatoms. The molecule has 1 atom stereocenters. The van der Waals surface area contributed by atoms with Crippen molar-refractivity contribution in [2.45, 2.75) is 13.0 Å². The summed E-state index contributed by atoms with van der Waals surface area (Å²) in [6, 6.07) is 12.3. The molecule has 1 nitrogen and oxygen atoms in total. The number of benzene rings is 1. The van der Waals surface area contributed by atoms with E-state index >= 15 is 0 Å². The van der Waals surface area contributed by atoms with Crippen LogP contribution in [0.4, 0.5) is 0 Å². The smallest absolute Gasteiger partial charge is 0.0704 e. The van der Waals surface area contributed by atoms with E-state index in [4.69, 9.17) is 5.73 Å².